The van der Waals surface area contributed by atoms with E-state index < -0.39 is 0 Å². The molecule has 0 spiro atoms. The highest BCUT2D eigenvalue weighted by molar-refractivity contribution is 7.17. The number of thiophene rings is 1. The Hall–Kier alpha value is -1.79. The van der Waals surface area contributed by atoms with E-state index in [1.807, 2.05) is 11.4 Å². The Morgan fingerprint density at radius 3 is 3.05 bits per heavy atom. The van der Waals surface area contributed by atoms with Gasteiger partial charge in [-0.2, -0.15) is 4.98 Å². The topological polar surface area (TPSA) is 63.8 Å². The molecule has 2 unspecified atom stereocenters. The summed E-state index contributed by atoms with van der Waals surface area (Å²) in [4.78, 5) is 8.93. The quantitative estimate of drug-likeness (QED) is 0.782. The fraction of sp³-hybridized carbons (Fsp3) is 0.400. The van der Waals surface area contributed by atoms with Gasteiger partial charge < -0.3 is 9.84 Å². The van der Waals surface area contributed by atoms with E-state index in [1.54, 1.807) is 17.5 Å². The Morgan fingerprint density at radius 2 is 2.24 bits per heavy atom. The number of hydrogen-bond acceptors (Lipinski definition) is 6. The molecular formula is C15H18N4OS. The summed E-state index contributed by atoms with van der Waals surface area (Å²) < 4.78 is 6.55. The van der Waals surface area contributed by atoms with Crippen molar-refractivity contribution in [2.45, 2.75) is 32.7 Å². The molecule has 0 saturated carbocycles. The normalized spacial score (nSPS) is 14.4. The van der Waals surface area contributed by atoms with Crippen LogP contribution in [0.15, 0.2) is 28.2 Å². The highest BCUT2D eigenvalue weighted by Gasteiger charge is 2.20. The van der Waals surface area contributed by atoms with Crippen LogP contribution in [0.25, 0.3) is 21.6 Å². The Balaban J connectivity index is 1.86. The molecule has 0 saturated heterocycles. The van der Waals surface area contributed by atoms with Crippen LogP contribution in [0, 0.1) is 0 Å². The Morgan fingerprint density at radius 1 is 1.38 bits per heavy atom. The van der Waals surface area contributed by atoms with Gasteiger partial charge in [-0.15, -0.1) is 11.3 Å². The second-order valence-electron chi connectivity index (χ2n) is 5.12. The lowest BCUT2D eigenvalue weighted by Gasteiger charge is -2.16. The molecule has 0 aliphatic rings. The number of rotatable bonds is 5. The van der Waals surface area contributed by atoms with Gasteiger partial charge in [0.25, 0.3) is 0 Å². The number of hydrogen-bond donors (Lipinski definition) is 1. The van der Waals surface area contributed by atoms with E-state index in [0.29, 0.717) is 17.8 Å². The molecule has 0 fully saturated rings. The van der Waals surface area contributed by atoms with E-state index in [4.69, 9.17) is 4.52 Å². The molecule has 3 aromatic rings. The summed E-state index contributed by atoms with van der Waals surface area (Å²) in [7, 11) is 0. The summed E-state index contributed by atoms with van der Waals surface area (Å²) in [5, 5.41) is 9.50. The van der Waals surface area contributed by atoms with Crippen LogP contribution in [0.4, 0.5) is 0 Å². The van der Waals surface area contributed by atoms with Crippen LogP contribution in [0.5, 0.6) is 0 Å². The van der Waals surface area contributed by atoms with E-state index >= 15 is 0 Å². The van der Waals surface area contributed by atoms with E-state index in [-0.39, 0.29) is 5.92 Å². The summed E-state index contributed by atoms with van der Waals surface area (Å²) in [6.45, 7) is 7.22. The number of aromatic nitrogens is 3. The summed E-state index contributed by atoms with van der Waals surface area (Å²) in [6, 6.07) is 4.35. The third kappa shape index (κ3) is 2.82. The molecule has 3 heterocycles. The van der Waals surface area contributed by atoms with Gasteiger partial charge in [-0.05, 0) is 31.0 Å². The maximum atomic E-state index is 5.42. The summed E-state index contributed by atoms with van der Waals surface area (Å²) in [6.07, 6.45) is 1.79. The summed E-state index contributed by atoms with van der Waals surface area (Å²) >= 11 is 1.66. The van der Waals surface area contributed by atoms with Crippen LogP contribution < -0.4 is 5.32 Å². The second kappa shape index (κ2) is 5.91. The fourth-order valence-corrected chi connectivity index (χ4v) is 3.00. The first-order valence-electron chi connectivity index (χ1n) is 7.09. The van der Waals surface area contributed by atoms with Crippen LogP contribution in [-0.4, -0.2) is 27.7 Å². The lowest BCUT2D eigenvalue weighted by Crippen LogP contribution is -2.30. The third-order valence-corrected chi connectivity index (χ3v) is 4.52. The van der Waals surface area contributed by atoms with Gasteiger partial charge in [-0.25, -0.2) is 0 Å². The molecular weight excluding hydrogens is 284 g/mol. The van der Waals surface area contributed by atoms with Crippen molar-refractivity contribution in [1.29, 1.82) is 0 Å². The first kappa shape index (κ1) is 14.2. The lowest BCUT2D eigenvalue weighted by atomic mass is 10.0. The molecule has 110 valence electrons. The molecule has 21 heavy (non-hydrogen) atoms. The zero-order valence-electron chi connectivity index (χ0n) is 12.3. The van der Waals surface area contributed by atoms with Gasteiger partial charge in [-0.1, -0.05) is 19.0 Å². The van der Waals surface area contributed by atoms with Crippen molar-refractivity contribution >= 4 is 21.6 Å². The van der Waals surface area contributed by atoms with Crippen LogP contribution in [0.1, 0.15) is 32.6 Å². The highest BCUT2D eigenvalue weighted by Crippen LogP contribution is 2.26. The molecule has 0 aliphatic heterocycles. The largest absolute Gasteiger partial charge is 0.339 e. The molecule has 5 nitrogen and oxygen atoms in total. The number of nitrogens with zero attached hydrogens (tertiary/aromatic N) is 3. The molecule has 1 N–H and O–H groups in total. The van der Waals surface area contributed by atoms with Crippen molar-refractivity contribution in [1.82, 2.24) is 20.4 Å². The minimum absolute atomic E-state index is 0.171. The minimum Gasteiger partial charge on any atom is -0.339 e. The molecule has 2 atom stereocenters. The highest BCUT2D eigenvalue weighted by atomic mass is 32.1. The molecule has 3 rings (SSSR count). The zero-order chi connectivity index (χ0) is 14.8. The first-order chi connectivity index (χ1) is 10.2. The van der Waals surface area contributed by atoms with Crippen molar-refractivity contribution in [2.24, 2.45) is 0 Å². The predicted molar refractivity (Wildman–Crippen MR) is 84.5 cm³/mol. The number of fused-ring (bicyclic) bond motifs is 1. The van der Waals surface area contributed by atoms with E-state index in [0.717, 1.165) is 22.3 Å². The van der Waals surface area contributed by atoms with Gasteiger partial charge in [0.1, 0.15) is 0 Å². The van der Waals surface area contributed by atoms with Crippen LogP contribution in [0.3, 0.4) is 0 Å². The van der Waals surface area contributed by atoms with Gasteiger partial charge in [0.05, 0.1) is 16.1 Å². The smallest absolute Gasteiger partial charge is 0.231 e. The van der Waals surface area contributed by atoms with Crippen molar-refractivity contribution < 1.29 is 4.52 Å². The molecule has 3 aromatic heterocycles. The van der Waals surface area contributed by atoms with Gasteiger partial charge in [0.2, 0.25) is 11.7 Å². The van der Waals surface area contributed by atoms with E-state index in [1.165, 1.54) is 0 Å². The number of pyridine rings is 1. The van der Waals surface area contributed by atoms with Gasteiger partial charge in [0, 0.05) is 17.8 Å². The van der Waals surface area contributed by atoms with Crippen molar-refractivity contribution in [2.75, 3.05) is 6.54 Å². The Labute approximate surface area is 127 Å². The molecule has 6 heteroatoms. The molecule has 0 radical (unpaired) electrons. The van der Waals surface area contributed by atoms with Crippen molar-refractivity contribution in [3.05, 3.63) is 29.6 Å². The summed E-state index contributed by atoms with van der Waals surface area (Å²) in [5.74, 6) is 1.43. The Bertz CT molecular complexity index is 736. The van der Waals surface area contributed by atoms with Crippen LogP contribution >= 0.6 is 11.3 Å². The predicted octanol–water partition coefficient (Wildman–Crippen LogP) is 3.45. The average molecular weight is 302 g/mol. The fourth-order valence-electron chi connectivity index (χ4n) is 2.22. The Kier molecular flexibility index (Phi) is 3.98. The maximum absolute atomic E-state index is 5.42. The van der Waals surface area contributed by atoms with E-state index in [9.17, 15) is 0 Å². The maximum Gasteiger partial charge on any atom is 0.231 e. The average Bonchev–Trinajstić information content (AvgIpc) is 3.14. The first-order valence-corrected chi connectivity index (χ1v) is 7.97. The number of nitrogens with one attached hydrogen (secondary N) is 1. The van der Waals surface area contributed by atoms with Crippen molar-refractivity contribution in [3.8, 4) is 11.4 Å². The molecule has 0 aromatic carbocycles. The molecule has 0 amide bonds. The van der Waals surface area contributed by atoms with E-state index in [2.05, 4.69) is 47.3 Å². The minimum atomic E-state index is 0.171. The lowest BCUT2D eigenvalue weighted by molar-refractivity contribution is 0.332. The second-order valence-corrected chi connectivity index (χ2v) is 6.07. The molecule has 0 aliphatic carbocycles. The standard InChI is InChI=1S/C15H18N4OS/c1-4-16-10(3)9(2)15-18-14(19-20-15)11-7-13-12(17-8-11)5-6-21-13/h5-10,16H,4H2,1-3H3. The van der Waals surface area contributed by atoms with Crippen molar-refractivity contribution in [3.63, 3.8) is 0 Å². The zero-order valence-corrected chi connectivity index (χ0v) is 13.1. The SMILES string of the molecule is CCNC(C)C(C)c1nc(-c2cnc3ccsc3c2)no1. The van der Waals surface area contributed by atoms with Gasteiger partial charge >= 0.3 is 0 Å². The third-order valence-electron chi connectivity index (χ3n) is 3.67. The van der Waals surface area contributed by atoms with Crippen LogP contribution in [0.2, 0.25) is 0 Å². The monoisotopic (exact) mass is 302 g/mol. The molecule has 0 bridgehead atoms. The number of likely N-dealkylation sites (N-methyl/N-ethyl adjacent to an activating group) is 1. The van der Waals surface area contributed by atoms with Crippen LogP contribution in [-0.2, 0) is 0 Å². The van der Waals surface area contributed by atoms with Gasteiger partial charge in [-0.3, -0.25) is 4.98 Å². The van der Waals surface area contributed by atoms with Gasteiger partial charge in [0.15, 0.2) is 0 Å². The summed E-state index contributed by atoms with van der Waals surface area (Å²) in [5.41, 5.74) is 1.89.